The van der Waals surface area contributed by atoms with Gasteiger partial charge in [-0.25, -0.2) is 9.97 Å². The fourth-order valence-electron chi connectivity index (χ4n) is 4.88. The molecule has 3 heterocycles. The molecule has 0 saturated carbocycles. The van der Waals surface area contributed by atoms with Gasteiger partial charge in [0.1, 0.15) is 12.1 Å². The van der Waals surface area contributed by atoms with Crippen LogP contribution in [-0.4, -0.2) is 68.6 Å². The van der Waals surface area contributed by atoms with Crippen LogP contribution in [0, 0.1) is 0 Å². The van der Waals surface area contributed by atoms with E-state index in [-0.39, 0.29) is 5.91 Å². The number of piperazine rings is 1. The lowest BCUT2D eigenvalue weighted by Gasteiger charge is -2.35. The number of anilines is 1. The van der Waals surface area contributed by atoms with Crippen LogP contribution in [-0.2, 0) is 11.2 Å². The molecule has 5 aromatic rings. The maximum atomic E-state index is 13.1. The Kier molecular flexibility index (Phi) is 6.10. The van der Waals surface area contributed by atoms with Crippen molar-refractivity contribution in [2.75, 3.05) is 37.7 Å². The van der Waals surface area contributed by atoms with Crippen LogP contribution >= 0.6 is 0 Å². The first kappa shape index (κ1) is 22.9. The summed E-state index contributed by atoms with van der Waals surface area (Å²) in [7, 11) is 0. The minimum Gasteiger partial charge on any atom is -0.494 e. The van der Waals surface area contributed by atoms with Gasteiger partial charge in [-0.2, -0.15) is 4.68 Å². The normalized spacial score (nSPS) is 13.9. The molecule has 0 unspecified atom stereocenters. The third-order valence-electron chi connectivity index (χ3n) is 6.76. The largest absolute Gasteiger partial charge is 0.494 e. The lowest BCUT2D eigenvalue weighted by Crippen LogP contribution is -2.49. The number of aromatic nitrogens is 5. The van der Waals surface area contributed by atoms with Crippen LogP contribution < -0.4 is 9.64 Å². The van der Waals surface area contributed by atoms with Gasteiger partial charge < -0.3 is 14.5 Å². The van der Waals surface area contributed by atoms with Crippen LogP contribution in [0.4, 0.5) is 5.82 Å². The van der Waals surface area contributed by atoms with E-state index in [1.54, 1.807) is 11.0 Å². The number of rotatable bonds is 6. The van der Waals surface area contributed by atoms with E-state index >= 15 is 0 Å². The Balaban J connectivity index is 1.16. The molecular weight excluding hydrogens is 466 g/mol. The summed E-state index contributed by atoms with van der Waals surface area (Å²) in [4.78, 5) is 26.2. The van der Waals surface area contributed by atoms with Crippen LogP contribution in [0.5, 0.6) is 5.75 Å². The molecule has 0 spiro atoms. The van der Waals surface area contributed by atoms with Crippen molar-refractivity contribution in [3.63, 3.8) is 0 Å². The van der Waals surface area contributed by atoms with Crippen molar-refractivity contribution in [2.24, 2.45) is 0 Å². The van der Waals surface area contributed by atoms with E-state index in [0.29, 0.717) is 50.4 Å². The van der Waals surface area contributed by atoms with Gasteiger partial charge in [0.2, 0.25) is 5.91 Å². The first-order valence-corrected chi connectivity index (χ1v) is 12.5. The predicted octanol–water partition coefficient (Wildman–Crippen LogP) is 3.65. The molecule has 0 N–H and O–H groups in total. The lowest BCUT2D eigenvalue weighted by molar-refractivity contribution is -0.130. The lowest BCUT2D eigenvalue weighted by atomic mass is 10.0. The van der Waals surface area contributed by atoms with E-state index in [1.807, 2.05) is 60.4 Å². The molecule has 1 fully saturated rings. The van der Waals surface area contributed by atoms with Gasteiger partial charge in [0.25, 0.3) is 0 Å². The van der Waals surface area contributed by atoms with Crippen LogP contribution in [0.25, 0.3) is 27.6 Å². The zero-order chi connectivity index (χ0) is 25.2. The van der Waals surface area contributed by atoms with Crippen LogP contribution in [0.2, 0.25) is 0 Å². The van der Waals surface area contributed by atoms with Gasteiger partial charge in [-0.15, -0.1) is 5.10 Å². The number of hydrogen-bond acceptors (Lipinski definition) is 7. The van der Waals surface area contributed by atoms with E-state index in [0.717, 1.165) is 33.6 Å². The summed E-state index contributed by atoms with van der Waals surface area (Å²) in [5, 5.41) is 11.0. The van der Waals surface area contributed by atoms with E-state index < -0.39 is 0 Å². The van der Waals surface area contributed by atoms with E-state index in [9.17, 15) is 4.79 Å². The fourth-order valence-corrected chi connectivity index (χ4v) is 4.88. The van der Waals surface area contributed by atoms with Crippen molar-refractivity contribution in [1.29, 1.82) is 0 Å². The number of ether oxygens (including phenoxy) is 1. The van der Waals surface area contributed by atoms with Crippen LogP contribution in [0.1, 0.15) is 12.5 Å². The summed E-state index contributed by atoms with van der Waals surface area (Å²) < 4.78 is 7.24. The Morgan fingerprint density at radius 1 is 0.919 bits per heavy atom. The van der Waals surface area contributed by atoms with Crippen molar-refractivity contribution in [3.05, 3.63) is 78.6 Å². The van der Waals surface area contributed by atoms with Crippen molar-refractivity contribution in [3.8, 4) is 11.4 Å². The highest BCUT2D eigenvalue weighted by atomic mass is 16.5. The standard InChI is InChI=1S/C28H27N7O2/c1-2-37-23-12-10-22(11-13-23)35-28-26(31-32-35)27(29-19-30-28)34-16-14-33(15-17-34)25(36)18-21-8-5-7-20-6-3-4-9-24(20)21/h3-13,19H,2,14-18H2,1H3. The van der Waals surface area contributed by atoms with Crippen molar-refractivity contribution < 1.29 is 9.53 Å². The zero-order valence-corrected chi connectivity index (χ0v) is 20.6. The number of carbonyl (C=O) groups excluding carboxylic acids is 1. The van der Waals surface area contributed by atoms with Crippen molar-refractivity contribution in [1.82, 2.24) is 29.9 Å². The number of hydrogen-bond donors (Lipinski definition) is 0. The number of amides is 1. The molecule has 37 heavy (non-hydrogen) atoms. The summed E-state index contributed by atoms with van der Waals surface area (Å²) in [6, 6.07) is 22.0. The molecule has 0 bridgehead atoms. The highest BCUT2D eigenvalue weighted by Crippen LogP contribution is 2.25. The van der Waals surface area contributed by atoms with E-state index in [2.05, 4.69) is 43.4 Å². The van der Waals surface area contributed by atoms with Gasteiger partial charge in [-0.05, 0) is 47.5 Å². The Labute approximate surface area is 214 Å². The minimum absolute atomic E-state index is 0.144. The van der Waals surface area contributed by atoms with Gasteiger partial charge in [0.05, 0.1) is 18.7 Å². The summed E-state index contributed by atoms with van der Waals surface area (Å²) in [5.74, 6) is 1.69. The second-order valence-electron chi connectivity index (χ2n) is 8.98. The molecule has 0 radical (unpaired) electrons. The van der Waals surface area contributed by atoms with Gasteiger partial charge in [0.15, 0.2) is 17.0 Å². The van der Waals surface area contributed by atoms with Crippen molar-refractivity contribution >= 4 is 33.7 Å². The second-order valence-corrected chi connectivity index (χ2v) is 8.98. The van der Waals surface area contributed by atoms with Gasteiger partial charge in [-0.3, -0.25) is 4.79 Å². The average molecular weight is 494 g/mol. The Hall–Kier alpha value is -4.53. The summed E-state index contributed by atoms with van der Waals surface area (Å²) >= 11 is 0. The monoisotopic (exact) mass is 493 g/mol. The maximum Gasteiger partial charge on any atom is 0.227 e. The van der Waals surface area contributed by atoms with Gasteiger partial charge >= 0.3 is 0 Å². The summed E-state index contributed by atoms with van der Waals surface area (Å²) in [5.41, 5.74) is 3.20. The van der Waals surface area contributed by atoms with Crippen molar-refractivity contribution in [2.45, 2.75) is 13.3 Å². The minimum atomic E-state index is 0.144. The molecule has 9 heteroatoms. The summed E-state index contributed by atoms with van der Waals surface area (Å²) in [6.07, 6.45) is 1.94. The first-order valence-electron chi connectivity index (χ1n) is 12.5. The quantitative estimate of drug-likeness (QED) is 0.357. The zero-order valence-electron chi connectivity index (χ0n) is 20.6. The summed E-state index contributed by atoms with van der Waals surface area (Å²) in [6.45, 7) is 5.17. The van der Waals surface area contributed by atoms with Gasteiger partial charge in [0, 0.05) is 26.2 Å². The molecule has 9 nitrogen and oxygen atoms in total. The number of fused-ring (bicyclic) bond motifs is 2. The predicted molar refractivity (Wildman–Crippen MR) is 142 cm³/mol. The topological polar surface area (TPSA) is 89.3 Å². The molecule has 1 saturated heterocycles. The molecule has 3 aromatic carbocycles. The van der Waals surface area contributed by atoms with Crippen LogP contribution in [0.3, 0.4) is 0 Å². The number of carbonyl (C=O) groups is 1. The number of benzene rings is 3. The third kappa shape index (κ3) is 4.44. The van der Waals surface area contributed by atoms with Gasteiger partial charge in [-0.1, -0.05) is 47.7 Å². The highest BCUT2D eigenvalue weighted by molar-refractivity contribution is 5.90. The van der Waals surface area contributed by atoms with Crippen LogP contribution in [0.15, 0.2) is 73.1 Å². The fraction of sp³-hybridized carbons (Fsp3) is 0.250. The molecule has 1 amide bonds. The average Bonchev–Trinajstić information content (AvgIpc) is 3.38. The Morgan fingerprint density at radius 3 is 2.51 bits per heavy atom. The third-order valence-corrected chi connectivity index (χ3v) is 6.76. The molecule has 0 aliphatic carbocycles. The SMILES string of the molecule is CCOc1ccc(-n2nnc3c(N4CCN(C(=O)Cc5cccc6ccccc56)CC4)ncnc32)cc1. The highest BCUT2D eigenvalue weighted by Gasteiger charge is 2.25. The molecule has 1 aliphatic heterocycles. The molecule has 6 rings (SSSR count). The molecular formula is C28H27N7O2. The van der Waals surface area contributed by atoms with E-state index in [4.69, 9.17) is 4.74 Å². The second kappa shape index (κ2) is 9.85. The Bertz CT molecular complexity index is 1550. The molecule has 2 aromatic heterocycles. The molecule has 1 aliphatic rings. The maximum absolute atomic E-state index is 13.1. The molecule has 186 valence electrons. The van der Waals surface area contributed by atoms with E-state index in [1.165, 1.54) is 0 Å². The smallest absolute Gasteiger partial charge is 0.227 e. The number of nitrogens with zero attached hydrogens (tertiary/aromatic N) is 7. The Morgan fingerprint density at radius 2 is 1.70 bits per heavy atom. The first-order chi connectivity index (χ1) is 18.2. The molecule has 0 atom stereocenters.